The average molecular weight is 373 g/mol. The number of nitrogens with zero attached hydrogens (tertiary/aromatic N) is 4. The van der Waals surface area contributed by atoms with Crippen molar-refractivity contribution in [3.8, 4) is 28.3 Å². The first-order chi connectivity index (χ1) is 13.7. The summed E-state index contributed by atoms with van der Waals surface area (Å²) in [5.41, 5.74) is 4.41. The number of hydrogen-bond donors (Lipinski definition) is 1. The third-order valence-electron chi connectivity index (χ3n) is 4.48. The number of methoxy groups -OCH3 is 1. The van der Waals surface area contributed by atoms with Gasteiger partial charge in [-0.05, 0) is 30.3 Å². The molecular weight excluding hydrogens is 354 g/mol. The quantitative estimate of drug-likeness (QED) is 0.562. The molecule has 1 aromatic carbocycles. The first-order valence-corrected chi connectivity index (χ1v) is 8.88. The van der Waals surface area contributed by atoms with Gasteiger partial charge in [-0.15, -0.1) is 0 Å². The molecule has 4 rings (SSSR count). The first-order valence-electron chi connectivity index (χ1n) is 8.88. The normalized spacial score (nSPS) is 10.8. The number of aromatic amines is 1. The van der Waals surface area contributed by atoms with Crippen molar-refractivity contribution >= 4 is 0 Å². The van der Waals surface area contributed by atoms with Crippen LogP contribution in [0.15, 0.2) is 72.3 Å². The van der Waals surface area contributed by atoms with E-state index in [0.717, 1.165) is 40.4 Å². The van der Waals surface area contributed by atoms with Gasteiger partial charge in [0.05, 0.1) is 30.5 Å². The van der Waals surface area contributed by atoms with Gasteiger partial charge in [-0.2, -0.15) is 0 Å². The molecular formula is C21H19N5O2. The van der Waals surface area contributed by atoms with Crippen molar-refractivity contribution in [1.82, 2.24) is 24.5 Å². The molecule has 7 heteroatoms. The Hall–Kier alpha value is -3.74. The van der Waals surface area contributed by atoms with Crippen molar-refractivity contribution in [1.29, 1.82) is 0 Å². The number of imidazole rings is 1. The van der Waals surface area contributed by atoms with Crippen molar-refractivity contribution in [2.45, 2.75) is 13.0 Å². The number of nitrogens with one attached hydrogen (secondary N) is 1. The fourth-order valence-corrected chi connectivity index (χ4v) is 3.07. The molecule has 4 aromatic rings. The lowest BCUT2D eigenvalue weighted by Crippen LogP contribution is -2.06. The van der Waals surface area contributed by atoms with Crippen LogP contribution in [0, 0.1) is 0 Å². The van der Waals surface area contributed by atoms with E-state index >= 15 is 0 Å². The summed E-state index contributed by atoms with van der Waals surface area (Å²) in [6.07, 6.45) is 9.37. The van der Waals surface area contributed by atoms with Crippen LogP contribution in [0.5, 0.6) is 5.75 Å². The molecule has 140 valence electrons. The monoisotopic (exact) mass is 373 g/mol. The van der Waals surface area contributed by atoms with E-state index in [4.69, 9.17) is 4.74 Å². The van der Waals surface area contributed by atoms with Gasteiger partial charge in [0.15, 0.2) is 0 Å². The zero-order valence-corrected chi connectivity index (χ0v) is 15.4. The Bertz CT molecular complexity index is 1100. The lowest BCUT2D eigenvalue weighted by atomic mass is 10.1. The maximum absolute atomic E-state index is 11.5. The Labute approximate surface area is 161 Å². The van der Waals surface area contributed by atoms with Crippen LogP contribution in [0.1, 0.15) is 5.69 Å². The van der Waals surface area contributed by atoms with Crippen LogP contribution < -0.4 is 10.3 Å². The van der Waals surface area contributed by atoms with Gasteiger partial charge in [0.25, 0.3) is 0 Å². The van der Waals surface area contributed by atoms with E-state index in [1.165, 1.54) is 6.07 Å². The number of benzene rings is 1. The molecule has 0 fully saturated rings. The molecule has 0 aliphatic rings. The second kappa shape index (κ2) is 7.87. The fourth-order valence-electron chi connectivity index (χ4n) is 3.07. The predicted octanol–water partition coefficient (Wildman–Crippen LogP) is 2.95. The van der Waals surface area contributed by atoms with Crippen LogP contribution in [0.4, 0.5) is 0 Å². The highest BCUT2D eigenvalue weighted by atomic mass is 16.5. The zero-order valence-electron chi connectivity index (χ0n) is 15.4. The number of aryl methyl sites for hydroxylation is 2. The van der Waals surface area contributed by atoms with E-state index in [2.05, 4.69) is 24.5 Å². The molecule has 0 aliphatic heterocycles. The number of H-pyrrole nitrogens is 1. The van der Waals surface area contributed by atoms with Gasteiger partial charge in [0, 0.05) is 54.9 Å². The second-order valence-corrected chi connectivity index (χ2v) is 6.25. The first kappa shape index (κ1) is 17.7. The van der Waals surface area contributed by atoms with Crippen LogP contribution in [0.25, 0.3) is 22.5 Å². The summed E-state index contributed by atoms with van der Waals surface area (Å²) in [4.78, 5) is 27.4. The Morgan fingerprint density at radius 2 is 1.86 bits per heavy atom. The summed E-state index contributed by atoms with van der Waals surface area (Å²) in [5.74, 6) is 0.788. The molecule has 0 saturated heterocycles. The van der Waals surface area contributed by atoms with Gasteiger partial charge in [0.2, 0.25) is 5.56 Å². The summed E-state index contributed by atoms with van der Waals surface area (Å²) in [7, 11) is 1.64. The topological polar surface area (TPSA) is 85.7 Å². The molecule has 0 radical (unpaired) electrons. The second-order valence-electron chi connectivity index (χ2n) is 6.25. The Morgan fingerprint density at radius 3 is 2.54 bits per heavy atom. The highest BCUT2D eigenvalue weighted by molar-refractivity contribution is 5.78. The van der Waals surface area contributed by atoms with Crippen molar-refractivity contribution in [3.63, 3.8) is 0 Å². The highest BCUT2D eigenvalue weighted by Crippen LogP contribution is 2.31. The van der Waals surface area contributed by atoms with E-state index in [1.54, 1.807) is 31.9 Å². The summed E-state index contributed by atoms with van der Waals surface area (Å²) in [6, 6.07) is 11.1. The van der Waals surface area contributed by atoms with Crippen LogP contribution in [0.2, 0.25) is 0 Å². The van der Waals surface area contributed by atoms with Gasteiger partial charge in [0.1, 0.15) is 5.75 Å². The summed E-state index contributed by atoms with van der Waals surface area (Å²) in [5, 5.41) is 0. The Morgan fingerprint density at radius 1 is 1.04 bits per heavy atom. The highest BCUT2D eigenvalue weighted by Gasteiger charge is 2.15. The van der Waals surface area contributed by atoms with E-state index in [-0.39, 0.29) is 5.56 Å². The van der Waals surface area contributed by atoms with Gasteiger partial charge in [-0.3, -0.25) is 14.8 Å². The van der Waals surface area contributed by atoms with Gasteiger partial charge >= 0.3 is 0 Å². The van der Waals surface area contributed by atoms with Crippen molar-refractivity contribution in [2.24, 2.45) is 0 Å². The molecule has 0 unspecified atom stereocenters. The Kier molecular flexibility index (Phi) is 4.97. The molecule has 0 bridgehead atoms. The molecule has 3 aromatic heterocycles. The van der Waals surface area contributed by atoms with Gasteiger partial charge in [-0.1, -0.05) is 0 Å². The molecule has 0 amide bonds. The summed E-state index contributed by atoms with van der Waals surface area (Å²) >= 11 is 0. The fraction of sp³-hybridized carbons (Fsp3) is 0.143. The smallest absolute Gasteiger partial charge is 0.247 e. The molecule has 7 nitrogen and oxygen atoms in total. The largest absolute Gasteiger partial charge is 0.497 e. The lowest BCUT2D eigenvalue weighted by molar-refractivity contribution is 0.415. The number of pyridine rings is 1. The minimum Gasteiger partial charge on any atom is -0.497 e. The number of hydrogen-bond acceptors (Lipinski definition) is 5. The average Bonchev–Trinajstić information content (AvgIpc) is 3.17. The summed E-state index contributed by atoms with van der Waals surface area (Å²) < 4.78 is 7.32. The third-order valence-corrected chi connectivity index (χ3v) is 4.48. The molecule has 28 heavy (non-hydrogen) atoms. The number of rotatable bonds is 6. The van der Waals surface area contributed by atoms with Crippen molar-refractivity contribution in [2.75, 3.05) is 7.11 Å². The Balaban J connectivity index is 1.74. The molecule has 0 aliphatic carbocycles. The van der Waals surface area contributed by atoms with Crippen LogP contribution in [-0.4, -0.2) is 31.6 Å². The number of ether oxygens (including phenoxy) is 1. The third kappa shape index (κ3) is 3.68. The molecule has 0 saturated carbocycles. The molecule has 1 N–H and O–H groups in total. The van der Waals surface area contributed by atoms with Gasteiger partial charge < -0.3 is 14.3 Å². The van der Waals surface area contributed by atoms with E-state index in [1.807, 2.05) is 36.7 Å². The van der Waals surface area contributed by atoms with E-state index in [9.17, 15) is 4.79 Å². The predicted molar refractivity (Wildman–Crippen MR) is 106 cm³/mol. The zero-order chi connectivity index (χ0) is 19.3. The van der Waals surface area contributed by atoms with Crippen LogP contribution >= 0.6 is 0 Å². The standard InChI is InChI=1S/C21H19N5O2/c1-28-18-5-2-15(3-6-18)20-21(16-4-7-19(27)24-12-16)26(14-25-20)11-8-17-13-22-9-10-23-17/h2-7,9-10,12-14H,8,11H2,1H3,(H,24,27). The molecule has 0 spiro atoms. The lowest BCUT2D eigenvalue weighted by Gasteiger charge is -2.11. The minimum atomic E-state index is -0.139. The SMILES string of the molecule is COc1ccc(-c2ncn(CCc3cnccn3)c2-c2ccc(=O)[nH]c2)cc1. The molecule has 0 atom stereocenters. The minimum absolute atomic E-state index is 0.139. The maximum Gasteiger partial charge on any atom is 0.247 e. The number of aromatic nitrogens is 5. The van der Waals surface area contributed by atoms with Gasteiger partial charge in [-0.25, -0.2) is 4.98 Å². The van der Waals surface area contributed by atoms with Crippen LogP contribution in [0.3, 0.4) is 0 Å². The maximum atomic E-state index is 11.5. The van der Waals surface area contributed by atoms with Crippen molar-refractivity contribution in [3.05, 3.63) is 83.6 Å². The summed E-state index contributed by atoms with van der Waals surface area (Å²) in [6.45, 7) is 0.691. The van der Waals surface area contributed by atoms with Crippen LogP contribution in [-0.2, 0) is 13.0 Å². The molecule has 3 heterocycles. The van der Waals surface area contributed by atoms with Crippen molar-refractivity contribution < 1.29 is 4.74 Å². The van der Waals surface area contributed by atoms with E-state index < -0.39 is 0 Å². The van der Waals surface area contributed by atoms with E-state index in [0.29, 0.717) is 6.54 Å².